The topological polar surface area (TPSA) is 104 Å². The average Bonchev–Trinajstić information content (AvgIpc) is 2.36. The van der Waals surface area contributed by atoms with Crippen molar-refractivity contribution in [2.24, 2.45) is 28.3 Å². The van der Waals surface area contributed by atoms with Crippen LogP contribution in [-0.2, 0) is 0 Å². The van der Waals surface area contributed by atoms with E-state index in [4.69, 9.17) is 22.9 Å². The van der Waals surface area contributed by atoms with Gasteiger partial charge in [0.2, 0.25) is 0 Å². The van der Waals surface area contributed by atoms with Gasteiger partial charge in [-0.1, -0.05) is 153 Å². The summed E-state index contributed by atoms with van der Waals surface area (Å²) in [7, 11) is 0. The normalized spacial score (nSPS) is 30.3. The molecule has 0 radical (unpaired) electrons. The highest BCUT2D eigenvalue weighted by atomic mass is 79.9. The predicted molar refractivity (Wildman–Crippen MR) is 144 cm³/mol. The summed E-state index contributed by atoms with van der Waals surface area (Å²) in [6.45, 7) is 4.26. The van der Waals surface area contributed by atoms with E-state index in [2.05, 4.69) is 141 Å². The molecular formula is C15H20Br8N4. The second kappa shape index (κ2) is 7.60. The number of alkyl halides is 8. The van der Waals surface area contributed by atoms with Crippen LogP contribution in [0, 0.1) is 5.41 Å². The van der Waals surface area contributed by atoms with Crippen LogP contribution in [0.1, 0.15) is 26.7 Å². The summed E-state index contributed by atoms with van der Waals surface area (Å²) < 4.78 is -2.74. The van der Waals surface area contributed by atoms with E-state index in [-0.39, 0.29) is 0 Å². The molecular weight excluding hydrogens is 875 g/mol. The molecule has 0 aliphatic heterocycles. The Morgan fingerprint density at radius 2 is 0.926 bits per heavy atom. The molecule has 0 spiro atoms. The first-order chi connectivity index (χ1) is 11.6. The third kappa shape index (κ3) is 4.77. The Morgan fingerprint density at radius 3 is 1.19 bits per heavy atom. The van der Waals surface area contributed by atoms with Crippen molar-refractivity contribution in [3.05, 3.63) is 23.3 Å². The molecule has 0 fully saturated rings. The van der Waals surface area contributed by atoms with E-state index in [0.29, 0.717) is 12.8 Å². The molecule has 0 saturated carbocycles. The third-order valence-electron chi connectivity index (χ3n) is 5.06. The van der Waals surface area contributed by atoms with Gasteiger partial charge in [0.15, 0.2) is 0 Å². The monoisotopic (exact) mass is 888 g/mol. The number of hydrogen-bond acceptors (Lipinski definition) is 4. The predicted octanol–water partition coefficient (Wildman–Crippen LogP) is 5.84. The van der Waals surface area contributed by atoms with Gasteiger partial charge in [0, 0.05) is 18.3 Å². The highest BCUT2D eigenvalue weighted by molar-refractivity contribution is 9.26. The maximum atomic E-state index is 6.35. The quantitative estimate of drug-likeness (QED) is 0.159. The van der Waals surface area contributed by atoms with Gasteiger partial charge in [-0.2, -0.15) is 0 Å². The molecule has 156 valence electrons. The van der Waals surface area contributed by atoms with E-state index in [1.165, 1.54) is 0 Å². The first kappa shape index (κ1) is 26.4. The van der Waals surface area contributed by atoms with Crippen molar-refractivity contribution < 1.29 is 0 Å². The average molecular weight is 896 g/mol. The Kier molecular flexibility index (Phi) is 7.43. The molecule has 2 aliphatic rings. The molecule has 0 heterocycles. The van der Waals surface area contributed by atoms with Gasteiger partial charge in [-0.25, -0.2) is 0 Å². The lowest BCUT2D eigenvalue weighted by atomic mass is 9.68. The van der Waals surface area contributed by atoms with Crippen LogP contribution in [0.15, 0.2) is 23.3 Å². The van der Waals surface area contributed by atoms with E-state index in [1.807, 2.05) is 12.2 Å². The largest absolute Gasteiger partial charge is 0.311 e. The molecule has 27 heavy (non-hydrogen) atoms. The minimum absolute atomic E-state index is 0.433. The standard InChI is InChI=1S/C15H20Br8N4/c1-9(2,7-3-12(20,21)14(24,25)5-10(7,16)17)8-4-13(22,23)15(26,27)6-11(8,18)19/h3-4H,5-6,24-27H2,1-2H3. The van der Waals surface area contributed by atoms with Crippen LogP contribution in [0.25, 0.3) is 0 Å². The van der Waals surface area contributed by atoms with E-state index in [9.17, 15) is 0 Å². The summed E-state index contributed by atoms with van der Waals surface area (Å²) in [6.07, 6.45) is 4.88. The van der Waals surface area contributed by atoms with Crippen LogP contribution >= 0.6 is 127 Å². The van der Waals surface area contributed by atoms with Crippen LogP contribution in [0.5, 0.6) is 0 Å². The first-order valence-electron chi connectivity index (χ1n) is 7.74. The smallest absolute Gasteiger partial charge is 0.130 e. The first-order valence-corrected chi connectivity index (χ1v) is 14.1. The Balaban J connectivity index is 2.70. The van der Waals surface area contributed by atoms with Crippen LogP contribution in [0.2, 0.25) is 0 Å². The molecule has 0 amide bonds. The minimum Gasteiger partial charge on any atom is -0.311 e. The van der Waals surface area contributed by atoms with Crippen molar-refractivity contribution >= 4 is 127 Å². The zero-order valence-corrected chi connectivity index (χ0v) is 27.1. The van der Waals surface area contributed by atoms with Crippen LogP contribution in [0.3, 0.4) is 0 Å². The molecule has 0 bridgehead atoms. The molecule has 2 rings (SSSR count). The maximum absolute atomic E-state index is 6.35. The Hall–Kier alpha value is 3.16. The number of hydrogen-bond donors (Lipinski definition) is 4. The van der Waals surface area contributed by atoms with Gasteiger partial charge in [0.25, 0.3) is 0 Å². The van der Waals surface area contributed by atoms with Crippen molar-refractivity contribution in [1.29, 1.82) is 0 Å². The van der Waals surface area contributed by atoms with Gasteiger partial charge in [0.1, 0.15) is 12.9 Å². The van der Waals surface area contributed by atoms with Crippen LogP contribution in [-0.4, -0.2) is 24.3 Å². The zero-order valence-electron chi connectivity index (χ0n) is 14.4. The highest BCUT2D eigenvalue weighted by Gasteiger charge is 2.59. The van der Waals surface area contributed by atoms with E-state index in [1.54, 1.807) is 0 Å². The van der Waals surface area contributed by atoms with Crippen molar-refractivity contribution in [2.75, 3.05) is 0 Å². The fraction of sp³-hybridized carbons (Fsp3) is 0.733. The van der Waals surface area contributed by atoms with Gasteiger partial charge in [-0.15, -0.1) is 0 Å². The highest BCUT2D eigenvalue weighted by Crippen LogP contribution is 2.63. The van der Waals surface area contributed by atoms with Gasteiger partial charge in [-0.05, 0) is 11.1 Å². The summed E-state index contributed by atoms with van der Waals surface area (Å²) in [5.74, 6) is 0. The molecule has 2 aliphatic carbocycles. The lowest BCUT2D eigenvalue weighted by Crippen LogP contribution is -2.67. The number of rotatable bonds is 2. The van der Waals surface area contributed by atoms with Crippen molar-refractivity contribution in [1.82, 2.24) is 0 Å². The molecule has 0 unspecified atom stereocenters. The van der Waals surface area contributed by atoms with Crippen LogP contribution < -0.4 is 22.9 Å². The van der Waals surface area contributed by atoms with E-state index < -0.39 is 29.7 Å². The second-order valence-corrected chi connectivity index (χ2v) is 22.5. The summed E-state index contributed by atoms with van der Waals surface area (Å²) >= 11 is 29.7. The molecule has 0 atom stereocenters. The summed E-state index contributed by atoms with van der Waals surface area (Å²) in [6, 6.07) is 0. The molecule has 0 aromatic rings. The summed E-state index contributed by atoms with van der Waals surface area (Å²) in [5, 5.41) is 0. The number of nitrogens with two attached hydrogens (primary N) is 4. The van der Waals surface area contributed by atoms with Crippen LogP contribution in [0.4, 0.5) is 0 Å². The van der Waals surface area contributed by atoms with Gasteiger partial charge in [0.05, 0.1) is 11.3 Å². The van der Waals surface area contributed by atoms with Crippen molar-refractivity contribution in [2.45, 2.75) is 50.9 Å². The van der Waals surface area contributed by atoms with Crippen molar-refractivity contribution in [3.8, 4) is 0 Å². The summed E-state index contributed by atoms with van der Waals surface area (Å²) in [5.41, 5.74) is 25.0. The van der Waals surface area contributed by atoms with Gasteiger partial charge >= 0.3 is 0 Å². The maximum Gasteiger partial charge on any atom is 0.130 e. The Bertz CT molecular complexity index is 649. The molecule has 0 aromatic heterocycles. The molecule has 4 nitrogen and oxygen atoms in total. The van der Waals surface area contributed by atoms with Gasteiger partial charge < -0.3 is 22.9 Å². The number of halogens is 8. The zero-order chi connectivity index (χ0) is 21.5. The van der Waals surface area contributed by atoms with E-state index in [0.717, 1.165) is 11.1 Å². The third-order valence-corrected chi connectivity index (χ3v) is 11.8. The minimum atomic E-state index is -1.03. The lowest BCUT2D eigenvalue weighted by Gasteiger charge is -2.53. The molecule has 8 N–H and O–H groups in total. The fourth-order valence-electron chi connectivity index (χ4n) is 3.42. The van der Waals surface area contributed by atoms with Gasteiger partial charge in [-0.3, -0.25) is 0 Å². The number of allylic oxidation sites excluding steroid dienone is 2. The van der Waals surface area contributed by atoms with Crippen molar-refractivity contribution in [3.63, 3.8) is 0 Å². The molecule has 0 aromatic carbocycles. The lowest BCUT2D eigenvalue weighted by molar-refractivity contribution is 0.340. The second-order valence-electron chi connectivity index (χ2n) is 7.83. The SMILES string of the molecule is CC(C)(C1=CC(Br)(Br)C(N)(N)CC1(Br)Br)C1=CC(Br)(Br)C(N)(N)CC1(Br)Br. The fourth-order valence-corrected chi connectivity index (χ4v) is 9.20. The molecule has 12 heteroatoms. The Labute approximate surface area is 227 Å². The summed E-state index contributed by atoms with van der Waals surface area (Å²) in [4.78, 5) is 0. The Morgan fingerprint density at radius 1 is 0.667 bits per heavy atom. The van der Waals surface area contributed by atoms with E-state index >= 15 is 0 Å². The molecule has 0 saturated heterocycles.